The molecule has 0 aliphatic heterocycles. The van der Waals surface area contributed by atoms with Crippen molar-refractivity contribution < 1.29 is 18.0 Å². The Balaban J connectivity index is 1.77. The van der Waals surface area contributed by atoms with E-state index in [2.05, 4.69) is 15.3 Å². The van der Waals surface area contributed by atoms with E-state index in [1.807, 2.05) is 18.2 Å². The van der Waals surface area contributed by atoms with Crippen molar-refractivity contribution in [2.24, 2.45) is 0 Å². The Morgan fingerprint density at radius 3 is 2.74 bits per heavy atom. The van der Waals surface area contributed by atoms with E-state index >= 15 is 0 Å². The predicted octanol–water partition coefficient (Wildman–Crippen LogP) is 3.27. The Bertz CT molecular complexity index is 1030. The number of hydrogen-bond donors (Lipinski definition) is 2. The molecule has 2 aromatic heterocycles. The van der Waals surface area contributed by atoms with Crippen LogP contribution in [0.5, 0.6) is 0 Å². The lowest BCUT2D eigenvalue weighted by atomic mass is 10.2. The largest absolute Gasteiger partial charge is 0.417 e. The highest BCUT2D eigenvalue weighted by atomic mass is 35.5. The molecule has 0 aliphatic rings. The van der Waals surface area contributed by atoms with Crippen molar-refractivity contribution in [1.29, 1.82) is 0 Å². The van der Waals surface area contributed by atoms with Crippen LogP contribution in [0.3, 0.4) is 0 Å². The van der Waals surface area contributed by atoms with Gasteiger partial charge in [0.15, 0.2) is 0 Å². The number of alkyl halides is 3. The van der Waals surface area contributed by atoms with E-state index in [1.165, 1.54) is 0 Å². The monoisotopic (exact) mass is 398 g/mol. The van der Waals surface area contributed by atoms with Crippen LogP contribution in [0.2, 0.25) is 5.02 Å². The van der Waals surface area contributed by atoms with Crippen LogP contribution in [-0.2, 0) is 17.5 Å². The standard InChI is InChI=1S/C17H14ClF3N4O2/c1-9(15-23-12-4-2-3-5-13(12)24-15)22-14(26)8-25-7-10(17(19,20)21)6-11(18)16(25)27/h2-7,9H,8H2,1H3,(H,22,26)(H,23,24)/t9-/m0/s1. The Kier molecular flexibility index (Phi) is 4.97. The van der Waals surface area contributed by atoms with E-state index in [0.29, 0.717) is 22.7 Å². The quantitative estimate of drug-likeness (QED) is 0.708. The highest BCUT2D eigenvalue weighted by molar-refractivity contribution is 6.30. The summed E-state index contributed by atoms with van der Waals surface area (Å²) in [6.07, 6.45) is -4.11. The summed E-state index contributed by atoms with van der Waals surface area (Å²) in [7, 11) is 0. The molecule has 1 aromatic carbocycles. The fourth-order valence-corrected chi connectivity index (χ4v) is 2.79. The third kappa shape index (κ3) is 4.13. The van der Waals surface area contributed by atoms with Gasteiger partial charge in [-0.25, -0.2) is 4.98 Å². The van der Waals surface area contributed by atoms with Crippen LogP contribution in [0.25, 0.3) is 11.0 Å². The topological polar surface area (TPSA) is 79.8 Å². The Morgan fingerprint density at radius 1 is 1.37 bits per heavy atom. The second-order valence-corrected chi connectivity index (χ2v) is 6.34. The summed E-state index contributed by atoms with van der Waals surface area (Å²) in [6, 6.07) is 7.27. The number of carbonyl (C=O) groups is 1. The van der Waals surface area contributed by atoms with Crippen molar-refractivity contribution in [1.82, 2.24) is 19.9 Å². The van der Waals surface area contributed by atoms with Crippen molar-refractivity contribution in [2.45, 2.75) is 25.7 Å². The van der Waals surface area contributed by atoms with E-state index in [9.17, 15) is 22.8 Å². The van der Waals surface area contributed by atoms with E-state index in [-0.39, 0.29) is 0 Å². The van der Waals surface area contributed by atoms with Gasteiger partial charge < -0.3 is 14.9 Å². The molecule has 0 spiro atoms. The second kappa shape index (κ2) is 7.07. The van der Waals surface area contributed by atoms with Crippen LogP contribution in [0.15, 0.2) is 41.3 Å². The third-order valence-electron chi connectivity index (χ3n) is 3.88. The van der Waals surface area contributed by atoms with Crippen LogP contribution in [0, 0.1) is 0 Å². The molecule has 2 N–H and O–H groups in total. The van der Waals surface area contributed by atoms with Crippen molar-refractivity contribution in [3.05, 3.63) is 63.3 Å². The molecule has 0 saturated carbocycles. The molecule has 0 bridgehead atoms. The molecule has 1 amide bonds. The van der Waals surface area contributed by atoms with Gasteiger partial charge in [0.2, 0.25) is 5.91 Å². The summed E-state index contributed by atoms with van der Waals surface area (Å²) in [5.41, 5.74) is -0.481. The number of amides is 1. The van der Waals surface area contributed by atoms with Gasteiger partial charge in [0.05, 0.1) is 22.6 Å². The summed E-state index contributed by atoms with van der Waals surface area (Å²) in [5, 5.41) is 1.99. The summed E-state index contributed by atoms with van der Waals surface area (Å²) >= 11 is 5.58. The summed E-state index contributed by atoms with van der Waals surface area (Å²) in [5.74, 6) is -0.167. The number of H-pyrrole nitrogens is 1. The molecule has 27 heavy (non-hydrogen) atoms. The number of imidazole rings is 1. The van der Waals surface area contributed by atoms with Gasteiger partial charge in [0.1, 0.15) is 17.4 Å². The number of nitrogens with zero attached hydrogens (tertiary/aromatic N) is 2. The molecule has 10 heteroatoms. The number of carbonyl (C=O) groups excluding carboxylic acids is 1. The first-order valence-electron chi connectivity index (χ1n) is 7.86. The number of fused-ring (bicyclic) bond motifs is 1. The van der Waals surface area contributed by atoms with Crippen molar-refractivity contribution in [3.8, 4) is 0 Å². The van der Waals surface area contributed by atoms with Gasteiger partial charge in [-0.1, -0.05) is 23.7 Å². The number of halogens is 4. The van der Waals surface area contributed by atoms with Gasteiger partial charge in [-0.2, -0.15) is 13.2 Å². The zero-order chi connectivity index (χ0) is 19.8. The highest BCUT2D eigenvalue weighted by Gasteiger charge is 2.32. The van der Waals surface area contributed by atoms with E-state index < -0.39 is 40.8 Å². The lowest BCUT2D eigenvalue weighted by Gasteiger charge is -2.14. The molecule has 3 rings (SSSR count). The maximum Gasteiger partial charge on any atom is 0.417 e. The van der Waals surface area contributed by atoms with Gasteiger partial charge >= 0.3 is 6.18 Å². The normalized spacial score (nSPS) is 12.9. The lowest BCUT2D eigenvalue weighted by Crippen LogP contribution is -2.34. The number of aromatic nitrogens is 3. The van der Waals surface area contributed by atoms with Crippen molar-refractivity contribution >= 4 is 28.5 Å². The van der Waals surface area contributed by atoms with Gasteiger partial charge in [-0.15, -0.1) is 0 Å². The Labute approximate surface area is 156 Å². The van der Waals surface area contributed by atoms with Crippen LogP contribution in [0.4, 0.5) is 13.2 Å². The summed E-state index contributed by atoms with van der Waals surface area (Å²) in [4.78, 5) is 31.5. The van der Waals surface area contributed by atoms with Crippen LogP contribution in [0.1, 0.15) is 24.4 Å². The van der Waals surface area contributed by atoms with E-state index in [0.717, 1.165) is 11.0 Å². The van der Waals surface area contributed by atoms with Gasteiger partial charge in [-0.05, 0) is 25.1 Å². The SMILES string of the molecule is C[C@H](NC(=O)Cn1cc(C(F)(F)F)cc(Cl)c1=O)c1nc2ccccc2[nH]1. The lowest BCUT2D eigenvalue weighted by molar-refractivity contribution is -0.138. The van der Waals surface area contributed by atoms with Gasteiger partial charge in [0.25, 0.3) is 5.56 Å². The minimum Gasteiger partial charge on any atom is -0.345 e. The molecule has 3 aromatic rings. The number of hydrogen-bond acceptors (Lipinski definition) is 3. The smallest absolute Gasteiger partial charge is 0.345 e. The molecule has 0 radical (unpaired) electrons. The number of nitrogens with one attached hydrogen (secondary N) is 2. The number of benzene rings is 1. The van der Waals surface area contributed by atoms with Crippen LogP contribution >= 0.6 is 11.6 Å². The molecule has 2 heterocycles. The number of rotatable bonds is 4. The predicted molar refractivity (Wildman–Crippen MR) is 93.4 cm³/mol. The molecule has 142 valence electrons. The fourth-order valence-electron chi connectivity index (χ4n) is 2.56. The number of para-hydroxylation sites is 2. The molecule has 0 fully saturated rings. The van der Waals surface area contributed by atoms with E-state index in [4.69, 9.17) is 11.6 Å². The number of pyridine rings is 1. The first-order valence-corrected chi connectivity index (χ1v) is 8.24. The highest BCUT2D eigenvalue weighted by Crippen LogP contribution is 2.29. The molecule has 6 nitrogen and oxygen atoms in total. The van der Waals surface area contributed by atoms with Crippen LogP contribution < -0.4 is 10.9 Å². The summed E-state index contributed by atoms with van der Waals surface area (Å²) < 4.78 is 39.2. The minimum absolute atomic E-state index is 0.485. The fraction of sp³-hybridized carbons (Fsp3) is 0.235. The zero-order valence-corrected chi connectivity index (χ0v) is 14.7. The van der Waals surface area contributed by atoms with Crippen molar-refractivity contribution in [3.63, 3.8) is 0 Å². The first kappa shape index (κ1) is 19.0. The molecular weight excluding hydrogens is 385 g/mol. The second-order valence-electron chi connectivity index (χ2n) is 5.94. The molecule has 1 atom stereocenters. The molecule has 0 aliphatic carbocycles. The maximum absolute atomic E-state index is 12.9. The van der Waals surface area contributed by atoms with E-state index in [1.54, 1.807) is 13.0 Å². The molecular formula is C17H14ClF3N4O2. The summed E-state index contributed by atoms with van der Waals surface area (Å²) in [6.45, 7) is 1.06. The average molecular weight is 399 g/mol. The average Bonchev–Trinajstić information content (AvgIpc) is 3.02. The zero-order valence-electron chi connectivity index (χ0n) is 14.0. The maximum atomic E-state index is 12.9. The number of aromatic amines is 1. The van der Waals surface area contributed by atoms with Gasteiger partial charge in [0, 0.05) is 6.20 Å². The Morgan fingerprint density at radius 2 is 2.07 bits per heavy atom. The van der Waals surface area contributed by atoms with Crippen LogP contribution in [-0.4, -0.2) is 20.4 Å². The Hall–Kier alpha value is -2.81. The first-order chi connectivity index (χ1) is 12.6. The minimum atomic E-state index is -4.68. The molecule has 0 saturated heterocycles. The molecule has 0 unspecified atom stereocenters. The van der Waals surface area contributed by atoms with Crippen molar-refractivity contribution in [2.75, 3.05) is 0 Å². The third-order valence-corrected chi connectivity index (χ3v) is 4.15. The van der Waals surface area contributed by atoms with Gasteiger partial charge in [-0.3, -0.25) is 9.59 Å².